The van der Waals surface area contributed by atoms with Crippen LogP contribution in [-0.4, -0.2) is 22.1 Å². The second kappa shape index (κ2) is 2.47. The summed E-state index contributed by atoms with van der Waals surface area (Å²) in [6.45, 7) is 0. The highest BCUT2D eigenvalue weighted by atomic mass is 16.5. The van der Waals surface area contributed by atoms with Crippen LogP contribution in [0.5, 0.6) is 0 Å². The number of carbonyl (C=O) groups is 1. The lowest BCUT2D eigenvalue weighted by molar-refractivity contribution is 0.179. The molecule has 2 N–H and O–H groups in total. The van der Waals surface area contributed by atoms with Crippen molar-refractivity contribution in [1.29, 1.82) is 0 Å². The lowest BCUT2D eigenvalue weighted by atomic mass is 10.0. The number of imidazole rings is 1. The number of hydrogen-bond donors (Lipinski definition) is 2. The minimum Gasteiger partial charge on any atom is -0.418 e. The molecular formula is C9H7N3O2. The molecule has 0 radical (unpaired) electrons. The van der Waals surface area contributed by atoms with Crippen molar-refractivity contribution in [2.24, 2.45) is 0 Å². The van der Waals surface area contributed by atoms with Crippen LogP contribution in [0.1, 0.15) is 0 Å². The number of fused-ring (bicyclic) bond motifs is 2. The van der Waals surface area contributed by atoms with Gasteiger partial charge in [0.15, 0.2) is 0 Å². The van der Waals surface area contributed by atoms with Gasteiger partial charge in [0, 0.05) is 5.57 Å². The maximum atomic E-state index is 10.9. The third-order valence-corrected chi connectivity index (χ3v) is 2.27. The Balaban J connectivity index is 2.21. The normalized spacial score (nSPS) is 23.0. The lowest BCUT2D eigenvalue weighted by Gasteiger charge is -2.21. The van der Waals surface area contributed by atoms with Gasteiger partial charge in [0.05, 0.1) is 23.1 Å². The minimum absolute atomic E-state index is 0.118. The first kappa shape index (κ1) is 7.37. The molecule has 0 bridgehead atoms. The van der Waals surface area contributed by atoms with E-state index in [4.69, 9.17) is 4.74 Å². The average Bonchev–Trinajstić information content (AvgIpc) is 2.61. The number of ether oxygens (including phenoxy) is 1. The van der Waals surface area contributed by atoms with E-state index < -0.39 is 6.09 Å². The molecule has 2 heterocycles. The standard InChI is InChI=1S/C9H7N3O2/c13-9-12-6-2-8-7(10-4-11-8)1-5(6)3-14-9/h1-4,6H,(H,10,11)(H,12,13). The van der Waals surface area contributed by atoms with Crippen molar-refractivity contribution in [3.63, 3.8) is 0 Å². The van der Waals surface area contributed by atoms with Gasteiger partial charge in [-0.3, -0.25) is 0 Å². The zero-order valence-electron chi connectivity index (χ0n) is 7.15. The van der Waals surface area contributed by atoms with E-state index in [0.29, 0.717) is 0 Å². The third-order valence-electron chi connectivity index (χ3n) is 2.27. The molecule has 1 amide bonds. The Morgan fingerprint density at radius 1 is 1.50 bits per heavy atom. The van der Waals surface area contributed by atoms with Crippen LogP contribution in [0.2, 0.25) is 0 Å². The van der Waals surface area contributed by atoms with Crippen molar-refractivity contribution in [3.8, 4) is 0 Å². The van der Waals surface area contributed by atoms with E-state index in [1.165, 1.54) is 6.26 Å². The lowest BCUT2D eigenvalue weighted by Crippen LogP contribution is -2.43. The van der Waals surface area contributed by atoms with Crippen molar-refractivity contribution >= 4 is 18.2 Å². The Labute approximate surface area is 78.8 Å². The molecule has 1 aliphatic carbocycles. The molecular weight excluding hydrogens is 182 g/mol. The van der Waals surface area contributed by atoms with Crippen molar-refractivity contribution in [1.82, 2.24) is 15.3 Å². The number of nitrogens with one attached hydrogen (secondary N) is 2. The van der Waals surface area contributed by atoms with Crippen LogP contribution in [-0.2, 0) is 4.74 Å². The van der Waals surface area contributed by atoms with Gasteiger partial charge in [0.25, 0.3) is 0 Å². The number of aromatic amines is 1. The molecule has 14 heavy (non-hydrogen) atoms. The van der Waals surface area contributed by atoms with E-state index in [2.05, 4.69) is 15.3 Å². The highest BCUT2D eigenvalue weighted by Gasteiger charge is 2.21. The van der Waals surface area contributed by atoms with Gasteiger partial charge in [0.2, 0.25) is 0 Å². The molecule has 5 heteroatoms. The van der Waals surface area contributed by atoms with E-state index in [-0.39, 0.29) is 6.04 Å². The van der Waals surface area contributed by atoms with Gasteiger partial charge in [-0.1, -0.05) is 0 Å². The van der Waals surface area contributed by atoms with Crippen molar-refractivity contribution in [2.45, 2.75) is 6.04 Å². The largest absolute Gasteiger partial charge is 0.418 e. The zero-order chi connectivity index (χ0) is 9.54. The first-order chi connectivity index (χ1) is 6.83. The van der Waals surface area contributed by atoms with Crippen LogP contribution < -0.4 is 16.0 Å². The fourth-order valence-electron chi connectivity index (χ4n) is 1.59. The van der Waals surface area contributed by atoms with E-state index in [9.17, 15) is 4.79 Å². The number of nitrogens with zero attached hydrogens (tertiary/aromatic N) is 1. The summed E-state index contributed by atoms with van der Waals surface area (Å²) in [5.41, 5.74) is 0.918. The molecule has 0 saturated heterocycles. The molecule has 1 atom stereocenters. The molecule has 3 rings (SSSR count). The molecule has 0 saturated carbocycles. The monoisotopic (exact) mass is 189 g/mol. The first-order valence-electron chi connectivity index (χ1n) is 4.23. The summed E-state index contributed by atoms with van der Waals surface area (Å²) in [6, 6.07) is -0.118. The van der Waals surface area contributed by atoms with Gasteiger partial charge >= 0.3 is 6.09 Å². The van der Waals surface area contributed by atoms with Crippen molar-refractivity contribution in [3.05, 3.63) is 28.9 Å². The first-order valence-corrected chi connectivity index (χ1v) is 4.23. The van der Waals surface area contributed by atoms with Crippen LogP contribution >= 0.6 is 0 Å². The summed E-state index contributed by atoms with van der Waals surface area (Å²) in [5.74, 6) is 0. The Morgan fingerprint density at radius 2 is 2.43 bits per heavy atom. The van der Waals surface area contributed by atoms with Gasteiger partial charge in [0.1, 0.15) is 6.26 Å². The van der Waals surface area contributed by atoms with Crippen LogP contribution in [0.25, 0.3) is 12.2 Å². The quantitative estimate of drug-likeness (QED) is 0.548. The van der Waals surface area contributed by atoms with Gasteiger partial charge in [-0.25, -0.2) is 9.78 Å². The Morgan fingerprint density at radius 3 is 3.36 bits per heavy atom. The molecule has 1 aromatic rings. The smallest absolute Gasteiger partial charge is 0.412 e. The van der Waals surface area contributed by atoms with Crippen LogP contribution in [0.4, 0.5) is 4.79 Å². The molecule has 0 aromatic carbocycles. The molecule has 1 aliphatic heterocycles. The highest BCUT2D eigenvalue weighted by molar-refractivity contribution is 5.76. The zero-order valence-corrected chi connectivity index (χ0v) is 7.15. The molecule has 1 unspecified atom stereocenters. The molecule has 70 valence electrons. The van der Waals surface area contributed by atoms with Crippen LogP contribution in [0, 0.1) is 0 Å². The van der Waals surface area contributed by atoms with Crippen LogP contribution in [0.3, 0.4) is 0 Å². The number of hydrogen-bond acceptors (Lipinski definition) is 3. The topological polar surface area (TPSA) is 67.0 Å². The summed E-state index contributed by atoms with van der Waals surface area (Å²) in [5, 5.41) is 4.47. The van der Waals surface area contributed by atoms with E-state index in [1.807, 2.05) is 12.2 Å². The molecule has 2 aliphatic rings. The summed E-state index contributed by atoms with van der Waals surface area (Å²) in [4.78, 5) is 18.0. The molecule has 0 spiro atoms. The number of amides is 1. The third kappa shape index (κ3) is 0.953. The number of cyclic esters (lactones) is 1. The molecule has 1 aromatic heterocycles. The van der Waals surface area contributed by atoms with E-state index >= 15 is 0 Å². The van der Waals surface area contributed by atoms with Gasteiger partial charge in [-0.2, -0.15) is 0 Å². The Hall–Kier alpha value is -2.04. The second-order valence-corrected chi connectivity index (χ2v) is 3.16. The molecule has 5 nitrogen and oxygen atoms in total. The maximum absolute atomic E-state index is 10.9. The predicted octanol–water partition coefficient (Wildman–Crippen LogP) is -1.02. The SMILES string of the molecule is O=C1NC2C=c3nc[nH]c3=CC2=CO1. The molecule has 0 fully saturated rings. The number of alkyl carbamates (subject to hydrolysis) is 1. The Kier molecular flexibility index (Phi) is 1.30. The Bertz CT molecular complexity index is 541. The number of rotatable bonds is 0. The number of carbonyl (C=O) groups excluding carboxylic acids is 1. The number of aromatic nitrogens is 2. The summed E-state index contributed by atoms with van der Waals surface area (Å²) < 4.78 is 4.74. The van der Waals surface area contributed by atoms with Gasteiger partial charge < -0.3 is 15.0 Å². The average molecular weight is 189 g/mol. The fourth-order valence-corrected chi connectivity index (χ4v) is 1.59. The summed E-state index contributed by atoms with van der Waals surface area (Å²) in [7, 11) is 0. The second-order valence-electron chi connectivity index (χ2n) is 3.16. The van der Waals surface area contributed by atoms with Crippen molar-refractivity contribution in [2.75, 3.05) is 0 Å². The summed E-state index contributed by atoms with van der Waals surface area (Å²) >= 11 is 0. The predicted molar refractivity (Wildman–Crippen MR) is 48.3 cm³/mol. The van der Waals surface area contributed by atoms with Gasteiger partial charge in [-0.05, 0) is 12.2 Å². The summed E-state index contributed by atoms with van der Waals surface area (Å²) in [6.07, 6.45) is 6.45. The highest BCUT2D eigenvalue weighted by Crippen LogP contribution is 2.12. The van der Waals surface area contributed by atoms with E-state index in [0.717, 1.165) is 16.3 Å². The van der Waals surface area contributed by atoms with Crippen molar-refractivity contribution < 1.29 is 9.53 Å². The minimum atomic E-state index is -0.428. The van der Waals surface area contributed by atoms with E-state index in [1.54, 1.807) is 6.33 Å². The van der Waals surface area contributed by atoms with Crippen LogP contribution in [0.15, 0.2) is 18.2 Å². The fraction of sp³-hybridized carbons (Fsp3) is 0.111. The number of H-pyrrole nitrogens is 1. The maximum Gasteiger partial charge on any atom is 0.412 e. The van der Waals surface area contributed by atoms with Gasteiger partial charge in [-0.15, -0.1) is 0 Å².